The molecule has 0 heterocycles. The van der Waals surface area contributed by atoms with Crippen molar-refractivity contribution in [3.05, 3.63) is 22.7 Å². The zero-order valence-electron chi connectivity index (χ0n) is 11.1. The van der Waals surface area contributed by atoms with Crippen LogP contribution in [0.1, 0.15) is 25.3 Å². The number of hydrogen-bond donors (Lipinski definition) is 4. The maximum Gasteiger partial charge on any atom is 0.333 e. The Balaban J connectivity index is 3.52. The molecular weight excluding hydrogens is 284 g/mol. The summed E-state index contributed by atoms with van der Waals surface area (Å²) in [5, 5.41) is 1.34. The van der Waals surface area contributed by atoms with Crippen LogP contribution in [0, 0.1) is 0 Å². The molecule has 0 radical (unpaired) electrons. The lowest BCUT2D eigenvalue weighted by molar-refractivity contribution is 0.253. The molecule has 0 unspecified atom stereocenters. The number of amides is 4. The van der Waals surface area contributed by atoms with Gasteiger partial charge in [-0.05, 0) is 23.6 Å². The standard InChI is InChI=1S/C11H17ClN6O2/c1-5(2)6-3-7(17(15)10(13)19)9(12)8(4-6)18(16)11(14)20/h3-5H,15-16H2,1-2H3,(H2,13,19)(H2,14,20). The quantitative estimate of drug-likeness (QED) is 0.374. The average Bonchev–Trinajstić information content (AvgIpc) is 2.36. The molecule has 0 saturated carbocycles. The number of halogens is 1. The number of nitrogens with two attached hydrogens (primary N) is 4. The maximum absolute atomic E-state index is 11.2. The van der Waals surface area contributed by atoms with Crippen LogP contribution in [0.15, 0.2) is 12.1 Å². The second-order valence-corrected chi connectivity index (χ2v) is 4.82. The molecule has 4 amide bonds. The highest BCUT2D eigenvalue weighted by Crippen LogP contribution is 2.37. The van der Waals surface area contributed by atoms with E-state index < -0.39 is 12.1 Å². The molecule has 0 aliphatic heterocycles. The smallest absolute Gasteiger partial charge is 0.333 e. The summed E-state index contributed by atoms with van der Waals surface area (Å²) < 4.78 is 0. The molecule has 0 aliphatic rings. The third-order valence-corrected chi connectivity index (χ3v) is 3.10. The fourth-order valence-electron chi connectivity index (χ4n) is 1.54. The molecule has 0 aromatic heterocycles. The van der Waals surface area contributed by atoms with Gasteiger partial charge < -0.3 is 11.5 Å². The molecule has 110 valence electrons. The minimum atomic E-state index is -0.901. The highest BCUT2D eigenvalue weighted by molar-refractivity contribution is 6.37. The van der Waals surface area contributed by atoms with Crippen molar-refractivity contribution in [2.75, 3.05) is 10.0 Å². The molecular formula is C11H17ClN6O2. The molecule has 9 heteroatoms. The number of benzene rings is 1. The maximum atomic E-state index is 11.2. The number of carbonyl (C=O) groups is 2. The molecule has 0 fully saturated rings. The van der Waals surface area contributed by atoms with Crippen molar-refractivity contribution < 1.29 is 9.59 Å². The van der Waals surface area contributed by atoms with Crippen molar-refractivity contribution in [1.29, 1.82) is 0 Å². The summed E-state index contributed by atoms with van der Waals surface area (Å²) in [5.41, 5.74) is 11.3. The number of primary amides is 2. The van der Waals surface area contributed by atoms with E-state index in [4.69, 9.17) is 34.8 Å². The summed E-state index contributed by atoms with van der Waals surface area (Å²) >= 11 is 6.10. The van der Waals surface area contributed by atoms with Gasteiger partial charge in [-0.3, -0.25) is 0 Å². The van der Waals surface area contributed by atoms with E-state index in [1.165, 1.54) is 0 Å². The Bertz CT molecular complexity index is 507. The lowest BCUT2D eigenvalue weighted by Crippen LogP contribution is -2.43. The van der Waals surface area contributed by atoms with Crippen LogP contribution >= 0.6 is 11.6 Å². The van der Waals surface area contributed by atoms with Crippen LogP contribution in [0.4, 0.5) is 21.0 Å². The molecule has 1 rings (SSSR count). The van der Waals surface area contributed by atoms with E-state index in [9.17, 15) is 9.59 Å². The average molecular weight is 301 g/mol. The number of rotatable bonds is 3. The van der Waals surface area contributed by atoms with Crippen LogP contribution in [0.3, 0.4) is 0 Å². The minimum absolute atomic E-state index is 0.00278. The normalized spacial score (nSPS) is 10.5. The van der Waals surface area contributed by atoms with E-state index in [0.717, 1.165) is 5.56 Å². The second kappa shape index (κ2) is 5.95. The first-order valence-electron chi connectivity index (χ1n) is 5.68. The monoisotopic (exact) mass is 300 g/mol. The summed E-state index contributed by atoms with van der Waals surface area (Å²) in [7, 11) is 0. The van der Waals surface area contributed by atoms with E-state index >= 15 is 0 Å². The van der Waals surface area contributed by atoms with Gasteiger partial charge in [0.15, 0.2) is 0 Å². The summed E-state index contributed by atoms with van der Waals surface area (Å²) in [5.74, 6) is 11.2. The highest BCUT2D eigenvalue weighted by Gasteiger charge is 2.21. The van der Waals surface area contributed by atoms with Gasteiger partial charge in [-0.2, -0.15) is 0 Å². The van der Waals surface area contributed by atoms with Gasteiger partial charge in [0.1, 0.15) is 0 Å². The molecule has 20 heavy (non-hydrogen) atoms. The Morgan fingerprint density at radius 2 is 1.40 bits per heavy atom. The van der Waals surface area contributed by atoms with Gasteiger partial charge in [-0.1, -0.05) is 25.4 Å². The van der Waals surface area contributed by atoms with Crippen molar-refractivity contribution in [3.63, 3.8) is 0 Å². The fourth-order valence-corrected chi connectivity index (χ4v) is 1.83. The largest absolute Gasteiger partial charge is 0.350 e. The van der Waals surface area contributed by atoms with Gasteiger partial charge in [0, 0.05) is 0 Å². The topological polar surface area (TPSA) is 145 Å². The van der Waals surface area contributed by atoms with Crippen LogP contribution in [0.5, 0.6) is 0 Å². The van der Waals surface area contributed by atoms with Gasteiger partial charge in [0.2, 0.25) is 0 Å². The van der Waals surface area contributed by atoms with Crippen LogP contribution in [0.2, 0.25) is 5.02 Å². The number of urea groups is 2. The van der Waals surface area contributed by atoms with E-state index in [0.29, 0.717) is 10.0 Å². The second-order valence-electron chi connectivity index (χ2n) is 4.44. The molecule has 0 atom stereocenters. The van der Waals surface area contributed by atoms with Crippen LogP contribution in [0.25, 0.3) is 0 Å². The van der Waals surface area contributed by atoms with E-state index in [1.807, 2.05) is 13.8 Å². The lowest BCUT2D eigenvalue weighted by Gasteiger charge is -2.23. The lowest BCUT2D eigenvalue weighted by atomic mass is 10.0. The first-order valence-corrected chi connectivity index (χ1v) is 6.06. The van der Waals surface area contributed by atoms with Crippen molar-refractivity contribution in [2.45, 2.75) is 19.8 Å². The highest BCUT2D eigenvalue weighted by atomic mass is 35.5. The van der Waals surface area contributed by atoms with Crippen molar-refractivity contribution in [3.8, 4) is 0 Å². The molecule has 8 N–H and O–H groups in total. The summed E-state index contributed by atoms with van der Waals surface area (Å²) in [6, 6.07) is 1.38. The van der Waals surface area contributed by atoms with Gasteiger partial charge in [0.25, 0.3) is 0 Å². The molecule has 1 aromatic carbocycles. The predicted molar refractivity (Wildman–Crippen MR) is 78.0 cm³/mol. The third kappa shape index (κ3) is 3.10. The SMILES string of the molecule is CC(C)c1cc(N(N)C(N)=O)c(Cl)c(N(N)C(N)=O)c1. The molecule has 0 bridgehead atoms. The number of nitrogens with zero attached hydrogens (tertiary/aromatic N) is 2. The predicted octanol–water partition coefficient (Wildman–Crippen LogP) is 0.981. The summed E-state index contributed by atoms with van der Waals surface area (Å²) in [6.45, 7) is 3.82. The zero-order chi connectivity index (χ0) is 15.6. The fraction of sp³-hybridized carbons (Fsp3) is 0.273. The molecule has 1 aromatic rings. The van der Waals surface area contributed by atoms with Crippen molar-refractivity contribution >= 4 is 35.0 Å². The number of anilines is 2. The Morgan fingerprint density at radius 1 is 1.05 bits per heavy atom. The van der Waals surface area contributed by atoms with E-state index in [-0.39, 0.29) is 22.3 Å². The molecule has 0 spiro atoms. The van der Waals surface area contributed by atoms with E-state index in [1.54, 1.807) is 12.1 Å². The van der Waals surface area contributed by atoms with Crippen molar-refractivity contribution in [2.24, 2.45) is 23.2 Å². The Hall–Kier alpha value is -2.03. The molecule has 0 aliphatic carbocycles. The number of hydrazine groups is 2. The van der Waals surface area contributed by atoms with Gasteiger partial charge >= 0.3 is 12.1 Å². The van der Waals surface area contributed by atoms with Gasteiger partial charge in [-0.25, -0.2) is 31.3 Å². The van der Waals surface area contributed by atoms with Crippen molar-refractivity contribution in [1.82, 2.24) is 0 Å². The molecule has 8 nitrogen and oxygen atoms in total. The summed E-state index contributed by atoms with van der Waals surface area (Å²) in [4.78, 5) is 22.4. The first kappa shape index (κ1) is 16.0. The van der Waals surface area contributed by atoms with Gasteiger partial charge in [0.05, 0.1) is 16.4 Å². The van der Waals surface area contributed by atoms with E-state index in [2.05, 4.69) is 0 Å². The van der Waals surface area contributed by atoms with Crippen LogP contribution in [-0.4, -0.2) is 12.1 Å². The molecule has 0 saturated heterocycles. The Labute approximate surface area is 121 Å². The van der Waals surface area contributed by atoms with Crippen LogP contribution in [-0.2, 0) is 0 Å². The van der Waals surface area contributed by atoms with Gasteiger partial charge in [-0.15, -0.1) is 0 Å². The number of carbonyl (C=O) groups excluding carboxylic acids is 2. The van der Waals surface area contributed by atoms with Crippen LogP contribution < -0.4 is 33.2 Å². The Morgan fingerprint density at radius 3 is 1.65 bits per heavy atom. The minimum Gasteiger partial charge on any atom is -0.350 e. The first-order chi connectivity index (χ1) is 9.16. The third-order valence-electron chi connectivity index (χ3n) is 2.72. The Kier molecular flexibility index (Phi) is 4.77. The number of hydrogen-bond acceptors (Lipinski definition) is 4. The summed E-state index contributed by atoms with van der Waals surface area (Å²) in [6.07, 6.45) is 0. The zero-order valence-corrected chi connectivity index (χ0v) is 11.9.